The number of rotatable bonds is 3. The first-order chi connectivity index (χ1) is 10.3. The zero-order valence-corrected chi connectivity index (χ0v) is 12.6. The molecule has 3 rings (SSSR count). The third-order valence-corrected chi connectivity index (χ3v) is 4.81. The molecule has 0 radical (unpaired) electrons. The number of anilines is 1. The maximum atomic E-state index is 11.4. The second-order valence-corrected chi connectivity index (χ2v) is 6.06. The Labute approximate surface area is 125 Å². The second kappa shape index (κ2) is 6.41. The molecule has 1 aromatic heterocycles. The van der Waals surface area contributed by atoms with Crippen molar-refractivity contribution in [3.05, 3.63) is 18.0 Å². The molecule has 0 amide bonds. The number of carbonyl (C=O) groups excluding carboxylic acids is 1. The van der Waals surface area contributed by atoms with E-state index in [1.54, 1.807) is 12.4 Å². The fourth-order valence-electron chi connectivity index (χ4n) is 3.74. The Morgan fingerprint density at radius 2 is 1.86 bits per heavy atom. The van der Waals surface area contributed by atoms with Crippen LogP contribution in [0.2, 0.25) is 0 Å². The van der Waals surface area contributed by atoms with E-state index >= 15 is 0 Å². The molecule has 1 saturated heterocycles. The summed E-state index contributed by atoms with van der Waals surface area (Å²) < 4.78 is 4.69. The zero-order valence-electron chi connectivity index (χ0n) is 12.6. The molecule has 1 aliphatic carbocycles. The summed E-state index contributed by atoms with van der Waals surface area (Å²) >= 11 is 0. The number of nitrogens with zero attached hydrogens (tertiary/aromatic N) is 3. The van der Waals surface area contributed by atoms with Gasteiger partial charge in [-0.2, -0.15) is 0 Å². The average molecular weight is 289 g/mol. The van der Waals surface area contributed by atoms with E-state index in [0.29, 0.717) is 11.6 Å². The first-order valence-electron chi connectivity index (χ1n) is 7.96. The van der Waals surface area contributed by atoms with E-state index < -0.39 is 0 Å². The minimum atomic E-state index is -0.383. The lowest BCUT2D eigenvalue weighted by Crippen LogP contribution is -2.37. The molecule has 5 heteroatoms. The van der Waals surface area contributed by atoms with Crippen LogP contribution in [0, 0.1) is 5.92 Å². The Balaban J connectivity index is 1.73. The SMILES string of the molecule is COC(=O)c1cnc(N2CCCC2C2CCCCC2)nc1. The summed E-state index contributed by atoms with van der Waals surface area (Å²) in [6.07, 6.45) is 12.4. The maximum Gasteiger partial charge on any atom is 0.341 e. The van der Waals surface area contributed by atoms with Crippen LogP contribution >= 0.6 is 0 Å². The standard InChI is InChI=1S/C16H23N3O2/c1-21-15(20)13-10-17-16(18-11-13)19-9-5-8-14(19)12-6-3-2-4-7-12/h10-12,14H,2-9H2,1H3. The monoisotopic (exact) mass is 289 g/mol. The molecule has 5 nitrogen and oxygen atoms in total. The first kappa shape index (κ1) is 14.3. The number of hydrogen-bond donors (Lipinski definition) is 0. The lowest BCUT2D eigenvalue weighted by atomic mass is 9.83. The van der Waals surface area contributed by atoms with Crippen molar-refractivity contribution < 1.29 is 9.53 Å². The normalized spacial score (nSPS) is 23.3. The molecule has 1 unspecified atom stereocenters. The fraction of sp³-hybridized carbons (Fsp3) is 0.688. The van der Waals surface area contributed by atoms with Gasteiger partial charge in [0.05, 0.1) is 12.7 Å². The first-order valence-corrected chi connectivity index (χ1v) is 7.96. The number of carbonyl (C=O) groups is 1. The van der Waals surface area contributed by atoms with Crippen LogP contribution in [-0.2, 0) is 4.74 Å². The van der Waals surface area contributed by atoms with Gasteiger partial charge in [-0.3, -0.25) is 0 Å². The Morgan fingerprint density at radius 1 is 1.14 bits per heavy atom. The van der Waals surface area contributed by atoms with Crippen molar-refractivity contribution in [1.82, 2.24) is 9.97 Å². The summed E-state index contributed by atoms with van der Waals surface area (Å²) in [5.41, 5.74) is 0.412. The van der Waals surface area contributed by atoms with Gasteiger partial charge in [0.25, 0.3) is 0 Å². The summed E-state index contributed by atoms with van der Waals surface area (Å²) in [4.78, 5) is 22.6. The lowest BCUT2D eigenvalue weighted by Gasteiger charge is -2.34. The summed E-state index contributed by atoms with van der Waals surface area (Å²) in [5, 5.41) is 0. The number of hydrogen-bond acceptors (Lipinski definition) is 5. The molecule has 1 aliphatic heterocycles. The highest BCUT2D eigenvalue weighted by Gasteiger charge is 2.33. The van der Waals surface area contributed by atoms with Crippen LogP contribution in [0.3, 0.4) is 0 Å². The van der Waals surface area contributed by atoms with E-state index in [9.17, 15) is 4.79 Å². The maximum absolute atomic E-state index is 11.4. The van der Waals surface area contributed by atoms with Crippen LogP contribution in [0.1, 0.15) is 55.3 Å². The van der Waals surface area contributed by atoms with Crippen molar-refractivity contribution in [3.63, 3.8) is 0 Å². The molecule has 1 saturated carbocycles. The summed E-state index contributed by atoms with van der Waals surface area (Å²) in [6.45, 7) is 1.03. The fourth-order valence-corrected chi connectivity index (χ4v) is 3.74. The van der Waals surface area contributed by atoms with Gasteiger partial charge < -0.3 is 9.64 Å². The van der Waals surface area contributed by atoms with Gasteiger partial charge in [-0.15, -0.1) is 0 Å². The largest absolute Gasteiger partial charge is 0.465 e. The molecule has 114 valence electrons. The molecule has 0 aromatic carbocycles. The molecular formula is C16H23N3O2. The van der Waals surface area contributed by atoms with Gasteiger partial charge >= 0.3 is 5.97 Å². The van der Waals surface area contributed by atoms with E-state index in [2.05, 4.69) is 19.6 Å². The highest BCUT2D eigenvalue weighted by Crippen LogP contribution is 2.35. The predicted molar refractivity (Wildman–Crippen MR) is 80.3 cm³/mol. The van der Waals surface area contributed by atoms with Crippen molar-refractivity contribution in [1.29, 1.82) is 0 Å². The van der Waals surface area contributed by atoms with Crippen molar-refractivity contribution in [2.45, 2.75) is 51.0 Å². The van der Waals surface area contributed by atoms with Crippen LogP contribution in [-0.4, -0.2) is 35.6 Å². The third kappa shape index (κ3) is 3.01. The lowest BCUT2D eigenvalue weighted by molar-refractivity contribution is 0.0600. The number of esters is 1. The van der Waals surface area contributed by atoms with Crippen molar-refractivity contribution in [2.75, 3.05) is 18.6 Å². The molecule has 0 bridgehead atoms. The van der Waals surface area contributed by atoms with Gasteiger partial charge in [0.15, 0.2) is 0 Å². The number of aromatic nitrogens is 2. The van der Waals surface area contributed by atoms with Crippen LogP contribution in [0.25, 0.3) is 0 Å². The predicted octanol–water partition coefficient (Wildman–Crippen LogP) is 2.81. The van der Waals surface area contributed by atoms with Crippen LogP contribution in [0.4, 0.5) is 5.95 Å². The molecule has 2 heterocycles. The van der Waals surface area contributed by atoms with E-state index in [1.807, 2.05) is 0 Å². The topological polar surface area (TPSA) is 55.3 Å². The van der Waals surface area contributed by atoms with Gasteiger partial charge in [0.1, 0.15) is 0 Å². The van der Waals surface area contributed by atoms with Crippen molar-refractivity contribution in [3.8, 4) is 0 Å². The van der Waals surface area contributed by atoms with Crippen molar-refractivity contribution in [2.24, 2.45) is 5.92 Å². The Bertz CT molecular complexity index is 483. The number of methoxy groups -OCH3 is 1. The molecule has 21 heavy (non-hydrogen) atoms. The summed E-state index contributed by atoms with van der Waals surface area (Å²) in [6, 6.07) is 0.578. The Morgan fingerprint density at radius 3 is 2.52 bits per heavy atom. The van der Waals surface area contributed by atoms with E-state index in [-0.39, 0.29) is 5.97 Å². The highest BCUT2D eigenvalue weighted by atomic mass is 16.5. The van der Waals surface area contributed by atoms with Crippen molar-refractivity contribution >= 4 is 11.9 Å². The Kier molecular flexibility index (Phi) is 4.36. The molecule has 0 N–H and O–H groups in total. The van der Waals surface area contributed by atoms with Gasteiger partial charge in [0.2, 0.25) is 5.95 Å². The molecule has 0 spiro atoms. The van der Waals surface area contributed by atoms with Gasteiger partial charge in [-0.25, -0.2) is 14.8 Å². The molecule has 1 atom stereocenters. The van der Waals surface area contributed by atoms with E-state index in [0.717, 1.165) is 18.4 Å². The highest BCUT2D eigenvalue weighted by molar-refractivity contribution is 5.88. The second-order valence-electron chi connectivity index (χ2n) is 6.06. The van der Waals surface area contributed by atoms with E-state index in [4.69, 9.17) is 0 Å². The van der Waals surface area contributed by atoms with Gasteiger partial charge in [0, 0.05) is 25.0 Å². The molecular weight excluding hydrogens is 266 g/mol. The van der Waals surface area contributed by atoms with Crippen LogP contribution < -0.4 is 4.90 Å². The van der Waals surface area contributed by atoms with Gasteiger partial charge in [-0.1, -0.05) is 19.3 Å². The third-order valence-electron chi connectivity index (χ3n) is 4.81. The molecule has 1 aromatic rings. The Hall–Kier alpha value is -1.65. The smallest absolute Gasteiger partial charge is 0.341 e. The van der Waals surface area contributed by atoms with E-state index in [1.165, 1.54) is 52.1 Å². The van der Waals surface area contributed by atoms with Crippen LogP contribution in [0.5, 0.6) is 0 Å². The summed E-state index contributed by atoms with van der Waals surface area (Å²) in [7, 11) is 1.37. The molecule has 2 aliphatic rings. The van der Waals surface area contributed by atoms with Crippen LogP contribution in [0.15, 0.2) is 12.4 Å². The minimum Gasteiger partial charge on any atom is -0.465 e. The minimum absolute atomic E-state index is 0.383. The molecule has 2 fully saturated rings. The summed E-state index contributed by atoms with van der Waals surface area (Å²) in [5.74, 6) is 1.16. The average Bonchev–Trinajstić information content (AvgIpc) is 3.04. The zero-order chi connectivity index (χ0) is 14.7. The quantitative estimate of drug-likeness (QED) is 0.801. The number of ether oxygens (including phenoxy) is 1. The van der Waals surface area contributed by atoms with Gasteiger partial charge in [-0.05, 0) is 31.6 Å².